The second kappa shape index (κ2) is 5.36. The highest BCUT2D eigenvalue weighted by Gasteiger charge is 2.26. The van der Waals surface area contributed by atoms with Crippen molar-refractivity contribution < 1.29 is 5.11 Å². The molecule has 18 heavy (non-hydrogen) atoms. The van der Waals surface area contributed by atoms with Crippen LogP contribution in [0.1, 0.15) is 24.0 Å². The average molecular weight is 244 g/mol. The van der Waals surface area contributed by atoms with Crippen LogP contribution in [-0.4, -0.2) is 23.5 Å². The summed E-state index contributed by atoms with van der Waals surface area (Å²) in [5.41, 5.74) is 8.84. The van der Waals surface area contributed by atoms with Gasteiger partial charge in [0.2, 0.25) is 0 Å². The molecule has 0 aromatic heterocycles. The molecular formula is C15H20N2O. The molecule has 0 aliphatic carbocycles. The number of rotatable bonds is 5. The molecule has 0 saturated heterocycles. The maximum atomic E-state index is 9.15. The highest BCUT2D eigenvalue weighted by molar-refractivity contribution is 5.75. The van der Waals surface area contributed by atoms with Gasteiger partial charge in [0.05, 0.1) is 5.54 Å². The monoisotopic (exact) mass is 244 g/mol. The van der Waals surface area contributed by atoms with Gasteiger partial charge in [0.1, 0.15) is 0 Å². The zero-order chi connectivity index (χ0) is 13.0. The number of anilines is 1. The number of aryl methyl sites for hydroxylation is 2. The second-order valence-corrected chi connectivity index (χ2v) is 4.91. The first-order valence-electron chi connectivity index (χ1n) is 6.34. The molecule has 0 spiro atoms. The molecule has 0 saturated carbocycles. The Labute approximate surface area is 108 Å². The van der Waals surface area contributed by atoms with Crippen molar-refractivity contribution >= 4 is 11.9 Å². The first-order chi connectivity index (χ1) is 8.65. The third-order valence-corrected chi connectivity index (χ3v) is 3.55. The third-order valence-electron chi connectivity index (χ3n) is 3.55. The van der Waals surface area contributed by atoms with Crippen molar-refractivity contribution in [3.63, 3.8) is 0 Å². The number of allylic oxidation sites excluding steroid dienone is 1. The quantitative estimate of drug-likeness (QED) is 0.781. The van der Waals surface area contributed by atoms with Crippen LogP contribution in [0.5, 0.6) is 0 Å². The van der Waals surface area contributed by atoms with E-state index in [0.717, 1.165) is 24.1 Å². The highest BCUT2D eigenvalue weighted by atomic mass is 16.3. The van der Waals surface area contributed by atoms with Gasteiger partial charge in [-0.2, -0.15) is 0 Å². The summed E-state index contributed by atoms with van der Waals surface area (Å²) in [4.78, 5) is 4.49. The Bertz CT molecular complexity index is 465. The zero-order valence-corrected chi connectivity index (χ0v) is 10.8. The molecule has 1 aromatic rings. The van der Waals surface area contributed by atoms with Gasteiger partial charge < -0.3 is 10.8 Å². The number of hydrogen-bond donors (Lipinski definition) is 2. The van der Waals surface area contributed by atoms with Gasteiger partial charge in [-0.25, -0.2) is 0 Å². The molecule has 3 heteroatoms. The van der Waals surface area contributed by atoms with E-state index >= 15 is 0 Å². The molecule has 0 fully saturated rings. The molecule has 1 atom stereocenters. The molecule has 0 bridgehead atoms. The molecule has 1 heterocycles. The molecule has 0 radical (unpaired) electrons. The van der Waals surface area contributed by atoms with Crippen molar-refractivity contribution in [3.8, 4) is 0 Å². The number of aliphatic hydroxyl groups excluding tert-OH is 1. The van der Waals surface area contributed by atoms with Crippen LogP contribution in [0.25, 0.3) is 0 Å². The van der Waals surface area contributed by atoms with Gasteiger partial charge in [-0.05, 0) is 49.5 Å². The maximum absolute atomic E-state index is 9.15. The van der Waals surface area contributed by atoms with Crippen molar-refractivity contribution in [1.29, 1.82) is 0 Å². The van der Waals surface area contributed by atoms with Crippen LogP contribution in [0.2, 0.25) is 0 Å². The predicted molar refractivity (Wildman–Crippen MR) is 76.0 cm³/mol. The summed E-state index contributed by atoms with van der Waals surface area (Å²) < 4.78 is 0. The number of nitrogens with zero attached hydrogens (tertiary/aromatic N) is 1. The van der Waals surface area contributed by atoms with E-state index < -0.39 is 0 Å². The molecule has 1 aliphatic heterocycles. The number of benzene rings is 1. The lowest BCUT2D eigenvalue weighted by molar-refractivity contribution is 0.254. The van der Waals surface area contributed by atoms with Crippen LogP contribution in [0.4, 0.5) is 5.69 Å². The SMILES string of the molecule is Cc1cc(CCC2(CCO)C=CC=N2)ccc1N. The largest absolute Gasteiger partial charge is 0.399 e. The fourth-order valence-corrected chi connectivity index (χ4v) is 2.33. The van der Waals surface area contributed by atoms with Crippen molar-refractivity contribution in [2.24, 2.45) is 4.99 Å². The Morgan fingerprint density at radius 2 is 2.17 bits per heavy atom. The molecule has 3 N–H and O–H groups in total. The molecule has 1 unspecified atom stereocenters. The van der Waals surface area contributed by atoms with Gasteiger partial charge in [0.25, 0.3) is 0 Å². The molecule has 96 valence electrons. The summed E-state index contributed by atoms with van der Waals surface area (Å²) >= 11 is 0. The van der Waals surface area contributed by atoms with Crippen molar-refractivity contribution in [3.05, 3.63) is 41.5 Å². The standard InChI is InChI=1S/C15H20N2O/c1-12-11-13(3-4-14(12)16)5-7-15(8-10-18)6-2-9-17-15/h2-4,6,9,11,18H,5,7-8,10,16H2,1H3. The summed E-state index contributed by atoms with van der Waals surface area (Å²) in [6, 6.07) is 6.15. The lowest BCUT2D eigenvalue weighted by Gasteiger charge is -2.23. The van der Waals surface area contributed by atoms with Gasteiger partial charge >= 0.3 is 0 Å². The van der Waals surface area contributed by atoms with Crippen LogP contribution >= 0.6 is 0 Å². The Balaban J connectivity index is 2.04. The van der Waals surface area contributed by atoms with Gasteiger partial charge in [0.15, 0.2) is 0 Å². The number of nitrogens with two attached hydrogens (primary N) is 1. The zero-order valence-electron chi connectivity index (χ0n) is 10.8. The van der Waals surface area contributed by atoms with Crippen molar-refractivity contribution in [2.45, 2.75) is 31.7 Å². The van der Waals surface area contributed by atoms with E-state index in [-0.39, 0.29) is 12.1 Å². The van der Waals surface area contributed by atoms with Gasteiger partial charge in [-0.15, -0.1) is 0 Å². The van der Waals surface area contributed by atoms with E-state index in [0.29, 0.717) is 6.42 Å². The Hall–Kier alpha value is -1.61. The van der Waals surface area contributed by atoms with E-state index in [4.69, 9.17) is 10.8 Å². The molecule has 3 nitrogen and oxygen atoms in total. The van der Waals surface area contributed by atoms with Crippen molar-refractivity contribution in [1.82, 2.24) is 0 Å². The smallest absolute Gasteiger partial charge is 0.0816 e. The lowest BCUT2D eigenvalue weighted by Crippen LogP contribution is -2.24. The number of aliphatic hydroxyl groups is 1. The van der Waals surface area contributed by atoms with E-state index in [1.54, 1.807) is 0 Å². The van der Waals surface area contributed by atoms with E-state index in [9.17, 15) is 0 Å². The minimum absolute atomic E-state index is 0.169. The van der Waals surface area contributed by atoms with E-state index in [1.165, 1.54) is 5.56 Å². The van der Waals surface area contributed by atoms with Gasteiger partial charge in [-0.1, -0.05) is 18.2 Å². The van der Waals surface area contributed by atoms with Crippen LogP contribution in [0, 0.1) is 6.92 Å². The lowest BCUT2D eigenvalue weighted by atomic mass is 9.89. The Kier molecular flexibility index (Phi) is 3.82. The topological polar surface area (TPSA) is 58.6 Å². The summed E-state index contributed by atoms with van der Waals surface area (Å²) in [5, 5.41) is 9.15. The first kappa shape index (κ1) is 12.8. The summed E-state index contributed by atoms with van der Waals surface area (Å²) in [5.74, 6) is 0. The third kappa shape index (κ3) is 2.79. The fourth-order valence-electron chi connectivity index (χ4n) is 2.33. The van der Waals surface area contributed by atoms with Gasteiger partial charge in [-0.3, -0.25) is 4.99 Å². The van der Waals surface area contributed by atoms with E-state index in [1.807, 2.05) is 25.3 Å². The van der Waals surface area contributed by atoms with Crippen LogP contribution in [0.3, 0.4) is 0 Å². The Morgan fingerprint density at radius 1 is 1.33 bits per heavy atom. The molecule has 2 rings (SSSR count). The van der Waals surface area contributed by atoms with Crippen LogP contribution in [-0.2, 0) is 6.42 Å². The number of aliphatic imine (C=N–C) groups is 1. The summed E-state index contributed by atoms with van der Waals surface area (Å²) in [6.45, 7) is 2.19. The van der Waals surface area contributed by atoms with E-state index in [2.05, 4.69) is 23.2 Å². The molecule has 1 aromatic carbocycles. The Morgan fingerprint density at radius 3 is 2.78 bits per heavy atom. The minimum Gasteiger partial charge on any atom is -0.399 e. The fraction of sp³-hybridized carbons (Fsp3) is 0.400. The normalized spacial score (nSPS) is 21.7. The summed E-state index contributed by atoms with van der Waals surface area (Å²) in [6.07, 6.45) is 8.43. The second-order valence-electron chi connectivity index (χ2n) is 4.91. The molecular weight excluding hydrogens is 224 g/mol. The molecule has 1 aliphatic rings. The van der Waals surface area contributed by atoms with Gasteiger partial charge in [0, 0.05) is 18.5 Å². The highest BCUT2D eigenvalue weighted by Crippen LogP contribution is 2.27. The predicted octanol–water partition coefficient (Wildman–Crippen LogP) is 2.27. The first-order valence-corrected chi connectivity index (χ1v) is 6.34. The average Bonchev–Trinajstić information content (AvgIpc) is 2.80. The maximum Gasteiger partial charge on any atom is 0.0816 e. The minimum atomic E-state index is -0.204. The number of hydrogen-bond acceptors (Lipinski definition) is 3. The molecule has 0 amide bonds. The van der Waals surface area contributed by atoms with Crippen LogP contribution in [0.15, 0.2) is 35.3 Å². The number of nitrogen functional groups attached to an aromatic ring is 1. The summed E-state index contributed by atoms with van der Waals surface area (Å²) in [7, 11) is 0. The van der Waals surface area contributed by atoms with Crippen molar-refractivity contribution in [2.75, 3.05) is 12.3 Å². The van der Waals surface area contributed by atoms with Crippen LogP contribution < -0.4 is 5.73 Å².